The third-order valence-electron chi connectivity index (χ3n) is 5.51. The molecule has 0 unspecified atom stereocenters. The van der Waals surface area contributed by atoms with Crippen LogP contribution >= 0.6 is 23.2 Å². The fraction of sp³-hybridized carbons (Fsp3) is 0.278. The quantitative estimate of drug-likeness (QED) is 0.542. The highest BCUT2D eigenvalue weighted by Gasteiger charge is 2.58. The summed E-state index contributed by atoms with van der Waals surface area (Å²) in [6.07, 6.45) is 3.02. The predicted molar refractivity (Wildman–Crippen MR) is 105 cm³/mol. The molecule has 1 aromatic carbocycles. The molecule has 3 N–H and O–H groups in total. The van der Waals surface area contributed by atoms with Gasteiger partial charge in [-0.05, 0) is 42.5 Å². The van der Waals surface area contributed by atoms with Gasteiger partial charge in [0.25, 0.3) is 11.5 Å². The van der Waals surface area contributed by atoms with Gasteiger partial charge in [0.1, 0.15) is 0 Å². The monoisotopic (exact) mass is 449 g/mol. The number of aromatic nitrogens is 4. The Morgan fingerprint density at radius 1 is 1.20 bits per heavy atom. The molecule has 0 aliphatic heterocycles. The second-order valence-electron chi connectivity index (χ2n) is 7.48. The Balaban J connectivity index is 1.38. The molecule has 3 fully saturated rings. The van der Waals surface area contributed by atoms with E-state index in [9.17, 15) is 14.4 Å². The van der Waals surface area contributed by atoms with Gasteiger partial charge in [-0.2, -0.15) is 0 Å². The van der Waals surface area contributed by atoms with E-state index in [1.165, 1.54) is 12.1 Å². The lowest BCUT2D eigenvalue weighted by Gasteiger charge is -2.61. The number of amides is 1. The van der Waals surface area contributed by atoms with Crippen LogP contribution < -0.4 is 21.4 Å². The fourth-order valence-corrected chi connectivity index (χ4v) is 4.56. The Morgan fingerprint density at radius 3 is 2.47 bits per heavy atom. The van der Waals surface area contributed by atoms with Gasteiger partial charge in [0.2, 0.25) is 11.7 Å². The molecule has 0 radical (unpaired) electrons. The van der Waals surface area contributed by atoms with Gasteiger partial charge in [0, 0.05) is 22.7 Å². The molecule has 30 heavy (non-hydrogen) atoms. The van der Waals surface area contributed by atoms with Crippen LogP contribution in [0.25, 0.3) is 0 Å². The highest BCUT2D eigenvalue weighted by Crippen LogP contribution is 2.64. The largest absolute Gasteiger partial charge is 0.439 e. The average molecular weight is 450 g/mol. The number of hydrogen-bond acceptors (Lipinski definition) is 7. The fourth-order valence-electron chi connectivity index (χ4n) is 3.99. The number of nitrogens with one attached hydrogen (secondary N) is 3. The molecule has 2 aromatic heterocycles. The maximum atomic E-state index is 12.2. The zero-order chi connectivity index (χ0) is 21.0. The Morgan fingerprint density at radius 2 is 1.90 bits per heavy atom. The number of carbonyl (C=O) groups excluding carboxylic acids is 1. The van der Waals surface area contributed by atoms with Gasteiger partial charge in [0.15, 0.2) is 5.75 Å². The molecule has 1 amide bonds. The number of rotatable bonds is 5. The minimum Gasteiger partial charge on any atom is -0.434 e. The topological polar surface area (TPSA) is 143 Å². The van der Waals surface area contributed by atoms with Crippen molar-refractivity contribution in [3.63, 3.8) is 0 Å². The van der Waals surface area contributed by atoms with Crippen molar-refractivity contribution in [2.24, 2.45) is 5.92 Å². The summed E-state index contributed by atoms with van der Waals surface area (Å²) in [4.78, 5) is 37.3. The zero-order valence-corrected chi connectivity index (χ0v) is 16.6. The number of aromatic amines is 2. The third-order valence-corrected chi connectivity index (χ3v) is 6.07. The van der Waals surface area contributed by atoms with Crippen LogP contribution in [0.15, 0.2) is 32.3 Å². The highest BCUT2D eigenvalue weighted by molar-refractivity contribution is 6.37. The minimum atomic E-state index is -0.855. The van der Waals surface area contributed by atoms with Crippen molar-refractivity contribution in [1.29, 1.82) is 0 Å². The van der Waals surface area contributed by atoms with E-state index in [1.807, 2.05) is 0 Å². The molecule has 2 heterocycles. The first-order chi connectivity index (χ1) is 14.3. The Hall–Kier alpha value is -3.11. The molecular weight excluding hydrogens is 437 g/mol. The number of hydrogen-bond donors (Lipinski definition) is 3. The smallest absolute Gasteiger partial charge is 0.434 e. The molecule has 3 aliphatic rings. The average Bonchev–Trinajstić information content (AvgIpc) is 3.05. The van der Waals surface area contributed by atoms with E-state index in [0.717, 1.165) is 19.3 Å². The number of nitrogens with zero attached hydrogens (tertiary/aromatic N) is 2. The molecule has 0 atom stereocenters. The van der Waals surface area contributed by atoms with Gasteiger partial charge in [-0.3, -0.25) is 19.1 Å². The number of carbonyl (C=O) groups is 1. The second-order valence-corrected chi connectivity index (χ2v) is 8.29. The lowest BCUT2D eigenvalue weighted by atomic mass is 9.42. The first-order valence-corrected chi connectivity index (χ1v) is 9.73. The van der Waals surface area contributed by atoms with E-state index in [1.54, 1.807) is 6.07 Å². The summed E-state index contributed by atoms with van der Waals surface area (Å²) in [5.74, 6) is -0.877. The molecule has 10 nitrogen and oxygen atoms in total. The van der Waals surface area contributed by atoms with Gasteiger partial charge in [0.05, 0.1) is 10.0 Å². The second kappa shape index (κ2) is 6.71. The summed E-state index contributed by atoms with van der Waals surface area (Å²) in [5, 5.41) is 12.4. The molecule has 3 aliphatic carbocycles. The number of benzene rings is 1. The van der Waals surface area contributed by atoms with Crippen LogP contribution in [0, 0.1) is 5.92 Å². The van der Waals surface area contributed by atoms with E-state index in [4.69, 9.17) is 27.9 Å². The molecule has 12 heteroatoms. The van der Waals surface area contributed by atoms with E-state index in [0.29, 0.717) is 11.5 Å². The maximum Gasteiger partial charge on any atom is 0.439 e. The van der Waals surface area contributed by atoms with Crippen LogP contribution in [0.4, 0.5) is 5.69 Å². The molecule has 0 saturated heterocycles. The minimum absolute atomic E-state index is 0.0663. The first kappa shape index (κ1) is 18.9. The molecule has 2 bridgehead atoms. The summed E-state index contributed by atoms with van der Waals surface area (Å²) in [6, 6.07) is 4.44. The summed E-state index contributed by atoms with van der Waals surface area (Å²) in [5.41, 5.74) is 0.618. The van der Waals surface area contributed by atoms with Crippen LogP contribution in [0.2, 0.25) is 10.0 Å². The third kappa shape index (κ3) is 3.08. The summed E-state index contributed by atoms with van der Waals surface area (Å²) < 4.78 is 10.0. The molecule has 3 aromatic rings. The molecule has 0 spiro atoms. The van der Waals surface area contributed by atoms with Crippen molar-refractivity contribution in [3.8, 4) is 11.6 Å². The zero-order valence-electron chi connectivity index (χ0n) is 15.1. The number of halogens is 2. The summed E-state index contributed by atoms with van der Waals surface area (Å²) >= 11 is 12.5. The Labute approximate surface area is 177 Å². The SMILES string of the molecule is O=C(Nc1cc(Cl)c(Oc2cc(C34CC(C3)C4)c(=O)[nH]n2)c(Cl)c1)c1noc(=O)[nH]1. The molecular formula is C18H13Cl2N5O5. The van der Waals surface area contributed by atoms with E-state index in [2.05, 4.69) is 30.2 Å². The van der Waals surface area contributed by atoms with E-state index in [-0.39, 0.29) is 44.2 Å². The summed E-state index contributed by atoms with van der Waals surface area (Å²) in [6.45, 7) is 0. The number of anilines is 1. The van der Waals surface area contributed by atoms with E-state index >= 15 is 0 Å². The van der Waals surface area contributed by atoms with Crippen LogP contribution in [0.1, 0.15) is 35.4 Å². The van der Waals surface area contributed by atoms with Crippen LogP contribution in [0.3, 0.4) is 0 Å². The lowest BCUT2D eigenvalue weighted by molar-refractivity contribution is -0.0288. The summed E-state index contributed by atoms with van der Waals surface area (Å²) in [7, 11) is 0. The molecule has 154 valence electrons. The number of ether oxygens (including phenoxy) is 1. The predicted octanol–water partition coefficient (Wildman–Crippen LogP) is 2.85. The molecule has 6 rings (SSSR count). The van der Waals surface area contributed by atoms with Gasteiger partial charge in [-0.15, -0.1) is 5.10 Å². The van der Waals surface area contributed by atoms with Crippen molar-refractivity contribution in [1.82, 2.24) is 20.3 Å². The normalized spacial score (nSPS) is 21.5. The maximum absolute atomic E-state index is 12.2. The number of H-pyrrole nitrogens is 2. The van der Waals surface area contributed by atoms with Crippen molar-refractivity contribution in [2.45, 2.75) is 24.7 Å². The standard InChI is InChI=1S/C18H13Cl2N5O5/c19-10-1-8(21-16(27)14-22-17(28)30-25-14)2-11(20)13(10)29-12-3-9(15(26)24-23-12)18-4-7(5-18)6-18/h1-3,7H,4-6H2,(H,21,27)(H,24,26)(H,22,25,28). The van der Waals surface area contributed by atoms with Crippen LogP contribution in [-0.2, 0) is 5.41 Å². The van der Waals surface area contributed by atoms with Crippen LogP contribution in [-0.4, -0.2) is 26.2 Å². The highest BCUT2D eigenvalue weighted by atomic mass is 35.5. The van der Waals surface area contributed by atoms with Crippen molar-refractivity contribution in [2.75, 3.05) is 5.32 Å². The Kier molecular flexibility index (Phi) is 4.23. The van der Waals surface area contributed by atoms with Gasteiger partial charge in [-0.1, -0.05) is 23.2 Å². The van der Waals surface area contributed by atoms with Crippen molar-refractivity contribution >= 4 is 34.8 Å². The molecule has 3 saturated carbocycles. The first-order valence-electron chi connectivity index (χ1n) is 8.97. The van der Waals surface area contributed by atoms with Crippen molar-refractivity contribution in [3.05, 3.63) is 60.5 Å². The Bertz CT molecular complexity index is 1260. The lowest BCUT2D eigenvalue weighted by Crippen LogP contribution is -2.57. The van der Waals surface area contributed by atoms with Gasteiger partial charge >= 0.3 is 5.76 Å². The van der Waals surface area contributed by atoms with Crippen molar-refractivity contribution < 1.29 is 14.1 Å². The van der Waals surface area contributed by atoms with Gasteiger partial charge < -0.3 is 10.1 Å². The van der Waals surface area contributed by atoms with Gasteiger partial charge in [-0.25, -0.2) is 9.89 Å². The van der Waals surface area contributed by atoms with Crippen LogP contribution in [0.5, 0.6) is 11.6 Å². The van der Waals surface area contributed by atoms with E-state index < -0.39 is 11.7 Å².